The average Bonchev–Trinajstić information content (AvgIpc) is 2.32. The number of benzene rings is 1. The van der Waals surface area contributed by atoms with E-state index < -0.39 is 17.6 Å². The topological polar surface area (TPSA) is 87.5 Å². The smallest absolute Gasteiger partial charge is 0.355 e. The number of pyridine rings is 1. The van der Waals surface area contributed by atoms with Gasteiger partial charge in [0, 0.05) is 9.86 Å². The maximum atomic E-state index is 11.0. The Balaban J connectivity index is 2.89. The summed E-state index contributed by atoms with van der Waals surface area (Å²) in [4.78, 5) is 26.0. The molecular formula is C12H8BrNO4. The first-order valence-electron chi connectivity index (χ1n) is 4.98. The van der Waals surface area contributed by atoms with Gasteiger partial charge in [-0.1, -0.05) is 22.0 Å². The van der Waals surface area contributed by atoms with Crippen molar-refractivity contribution in [2.45, 2.75) is 6.92 Å². The molecule has 0 saturated carbocycles. The number of aryl methyl sites for hydroxylation is 1. The first kappa shape index (κ1) is 12.5. The quantitative estimate of drug-likeness (QED) is 0.890. The summed E-state index contributed by atoms with van der Waals surface area (Å²) in [7, 11) is 0. The molecule has 2 rings (SSSR count). The minimum absolute atomic E-state index is 0.309. The van der Waals surface area contributed by atoms with E-state index in [2.05, 4.69) is 20.9 Å². The first-order valence-corrected chi connectivity index (χ1v) is 5.77. The predicted octanol–water partition coefficient (Wildman–Crippen LogP) is 2.70. The molecule has 0 unspecified atom stereocenters. The highest BCUT2D eigenvalue weighted by atomic mass is 79.9. The summed E-state index contributed by atoms with van der Waals surface area (Å²) in [5.41, 5.74) is 0.492. The zero-order valence-electron chi connectivity index (χ0n) is 9.27. The Kier molecular flexibility index (Phi) is 3.04. The molecule has 0 saturated heterocycles. The number of hydrogen-bond donors (Lipinski definition) is 2. The number of nitrogens with zero attached hydrogens (tertiary/aromatic N) is 1. The fourth-order valence-corrected chi connectivity index (χ4v) is 2.00. The minimum atomic E-state index is -1.35. The molecule has 0 spiro atoms. The van der Waals surface area contributed by atoms with Gasteiger partial charge in [0.25, 0.3) is 0 Å². The van der Waals surface area contributed by atoms with E-state index >= 15 is 0 Å². The maximum Gasteiger partial charge on any atom is 0.355 e. The number of carboxylic acid groups (broad SMARTS) is 2. The lowest BCUT2D eigenvalue weighted by Crippen LogP contribution is -2.11. The van der Waals surface area contributed by atoms with Gasteiger partial charge in [-0.15, -0.1) is 0 Å². The summed E-state index contributed by atoms with van der Waals surface area (Å²) < 4.78 is 0.793. The van der Waals surface area contributed by atoms with Crippen LogP contribution in [0.4, 0.5) is 0 Å². The number of halogens is 1. The summed E-state index contributed by atoms with van der Waals surface area (Å²) in [5, 5.41) is 18.6. The van der Waals surface area contributed by atoms with Crippen LogP contribution in [0.1, 0.15) is 26.4 Å². The second-order valence-electron chi connectivity index (χ2n) is 3.74. The van der Waals surface area contributed by atoms with Crippen molar-refractivity contribution in [3.8, 4) is 0 Å². The molecule has 6 heteroatoms. The summed E-state index contributed by atoms with van der Waals surface area (Å²) >= 11 is 3.32. The fraction of sp³-hybridized carbons (Fsp3) is 0.0833. The van der Waals surface area contributed by atoms with E-state index in [1.807, 2.05) is 0 Å². The van der Waals surface area contributed by atoms with Crippen molar-refractivity contribution in [2.75, 3.05) is 0 Å². The lowest BCUT2D eigenvalue weighted by molar-refractivity contribution is 0.0647. The summed E-state index contributed by atoms with van der Waals surface area (Å²) in [6.45, 7) is 1.78. The Morgan fingerprint density at radius 2 is 1.89 bits per heavy atom. The van der Waals surface area contributed by atoms with E-state index in [-0.39, 0.29) is 5.56 Å². The number of aromatic nitrogens is 1. The van der Waals surface area contributed by atoms with Gasteiger partial charge in [-0.2, -0.15) is 0 Å². The molecule has 0 radical (unpaired) electrons. The van der Waals surface area contributed by atoms with E-state index in [0.717, 1.165) is 10.0 Å². The fourth-order valence-electron chi connectivity index (χ4n) is 1.68. The van der Waals surface area contributed by atoms with Gasteiger partial charge >= 0.3 is 11.9 Å². The van der Waals surface area contributed by atoms with Crippen molar-refractivity contribution in [1.82, 2.24) is 4.98 Å². The van der Waals surface area contributed by atoms with Gasteiger partial charge in [-0.25, -0.2) is 14.6 Å². The van der Waals surface area contributed by atoms with E-state index in [1.165, 1.54) is 6.07 Å². The summed E-state index contributed by atoms with van der Waals surface area (Å²) in [5.74, 6) is -2.66. The molecule has 0 fully saturated rings. The van der Waals surface area contributed by atoms with Crippen molar-refractivity contribution >= 4 is 38.8 Å². The highest BCUT2D eigenvalue weighted by molar-refractivity contribution is 9.10. The first-order chi connectivity index (χ1) is 8.41. The molecule has 2 aromatic rings. The van der Waals surface area contributed by atoms with Gasteiger partial charge in [0.2, 0.25) is 0 Å². The summed E-state index contributed by atoms with van der Waals surface area (Å²) in [6, 6.07) is 4.79. The molecule has 0 aliphatic heterocycles. The van der Waals surface area contributed by atoms with E-state index in [9.17, 15) is 9.59 Å². The molecule has 0 aliphatic carbocycles. The van der Waals surface area contributed by atoms with Gasteiger partial charge in [0.1, 0.15) is 0 Å². The Hall–Kier alpha value is -1.95. The van der Waals surface area contributed by atoms with Crippen LogP contribution in [0.3, 0.4) is 0 Å². The third kappa shape index (κ3) is 1.95. The number of rotatable bonds is 2. The highest BCUT2D eigenvalue weighted by Gasteiger charge is 2.19. The SMILES string of the molecule is Cc1c(Br)ccc2cc(C(=O)O)c(C(=O)O)nc12. The van der Waals surface area contributed by atoms with Crippen molar-refractivity contribution in [3.05, 3.63) is 39.5 Å². The molecule has 0 aliphatic rings. The van der Waals surface area contributed by atoms with Crippen LogP contribution >= 0.6 is 15.9 Å². The molecule has 0 bridgehead atoms. The van der Waals surface area contributed by atoms with Crippen LogP contribution in [0.2, 0.25) is 0 Å². The number of hydrogen-bond acceptors (Lipinski definition) is 3. The van der Waals surface area contributed by atoms with Crippen LogP contribution < -0.4 is 0 Å². The molecule has 92 valence electrons. The summed E-state index contributed by atoms with van der Waals surface area (Å²) in [6.07, 6.45) is 0. The number of carbonyl (C=O) groups is 2. The average molecular weight is 310 g/mol. The van der Waals surface area contributed by atoms with Gasteiger partial charge in [0.15, 0.2) is 5.69 Å². The molecule has 2 N–H and O–H groups in total. The van der Waals surface area contributed by atoms with Gasteiger partial charge in [-0.05, 0) is 24.6 Å². The van der Waals surface area contributed by atoms with Crippen LogP contribution in [0, 0.1) is 6.92 Å². The Morgan fingerprint density at radius 3 is 2.44 bits per heavy atom. The highest BCUT2D eigenvalue weighted by Crippen LogP contribution is 2.26. The van der Waals surface area contributed by atoms with Crippen molar-refractivity contribution in [2.24, 2.45) is 0 Å². The molecular weight excluding hydrogens is 302 g/mol. The monoisotopic (exact) mass is 309 g/mol. The van der Waals surface area contributed by atoms with Crippen molar-refractivity contribution in [3.63, 3.8) is 0 Å². The third-order valence-corrected chi connectivity index (χ3v) is 3.47. The lowest BCUT2D eigenvalue weighted by atomic mass is 10.1. The van der Waals surface area contributed by atoms with Crippen molar-refractivity contribution < 1.29 is 19.8 Å². The third-order valence-electron chi connectivity index (χ3n) is 2.61. The number of aromatic carboxylic acids is 2. The van der Waals surface area contributed by atoms with Crippen LogP contribution in [-0.2, 0) is 0 Å². The zero-order chi connectivity index (χ0) is 13.4. The Labute approximate surface area is 110 Å². The minimum Gasteiger partial charge on any atom is -0.478 e. The standard InChI is InChI=1S/C12H8BrNO4/c1-5-8(13)3-2-6-4-7(11(15)16)10(12(17)18)14-9(5)6/h2-4H,1H3,(H,15,16)(H,17,18). The molecule has 5 nitrogen and oxygen atoms in total. The number of fused-ring (bicyclic) bond motifs is 1. The predicted molar refractivity (Wildman–Crippen MR) is 68.1 cm³/mol. The Bertz CT molecular complexity index is 681. The molecule has 1 heterocycles. The van der Waals surface area contributed by atoms with Gasteiger partial charge in [0.05, 0.1) is 11.1 Å². The number of carboxylic acids is 2. The van der Waals surface area contributed by atoms with Crippen LogP contribution in [0.25, 0.3) is 10.9 Å². The molecule has 0 amide bonds. The van der Waals surface area contributed by atoms with Crippen LogP contribution in [0.15, 0.2) is 22.7 Å². The normalized spacial score (nSPS) is 10.6. The van der Waals surface area contributed by atoms with Gasteiger partial charge < -0.3 is 10.2 Å². The molecule has 1 aromatic carbocycles. The maximum absolute atomic E-state index is 11.0. The second kappa shape index (κ2) is 4.38. The molecule has 1 aromatic heterocycles. The van der Waals surface area contributed by atoms with E-state index in [1.54, 1.807) is 19.1 Å². The van der Waals surface area contributed by atoms with E-state index in [4.69, 9.17) is 10.2 Å². The zero-order valence-corrected chi connectivity index (χ0v) is 10.9. The largest absolute Gasteiger partial charge is 0.478 e. The van der Waals surface area contributed by atoms with Crippen molar-refractivity contribution in [1.29, 1.82) is 0 Å². The van der Waals surface area contributed by atoms with Crippen LogP contribution in [0.5, 0.6) is 0 Å². The van der Waals surface area contributed by atoms with E-state index in [0.29, 0.717) is 10.9 Å². The molecule has 18 heavy (non-hydrogen) atoms. The van der Waals surface area contributed by atoms with Gasteiger partial charge in [-0.3, -0.25) is 0 Å². The molecule has 0 atom stereocenters. The van der Waals surface area contributed by atoms with Crippen LogP contribution in [-0.4, -0.2) is 27.1 Å². The second-order valence-corrected chi connectivity index (χ2v) is 4.59. The lowest BCUT2D eigenvalue weighted by Gasteiger charge is -2.07. The Morgan fingerprint density at radius 1 is 1.22 bits per heavy atom.